The van der Waals surface area contributed by atoms with Crippen LogP contribution in [0, 0.1) is 0 Å². The second-order valence-electron chi connectivity index (χ2n) is 11.9. The molecule has 1 fully saturated rings. The average Bonchev–Trinajstić information content (AvgIpc) is 2.84. The molecule has 2 heterocycles. The summed E-state index contributed by atoms with van der Waals surface area (Å²) in [4.78, 5) is 56.9. The number of carbonyl (C=O) groups is 4. The summed E-state index contributed by atoms with van der Waals surface area (Å²) in [5.41, 5.74) is 0.240. The first kappa shape index (κ1) is 31.6. The van der Waals surface area contributed by atoms with E-state index in [0.717, 1.165) is 17.7 Å². The van der Waals surface area contributed by atoms with Crippen molar-refractivity contribution in [1.29, 1.82) is 0 Å². The maximum absolute atomic E-state index is 13.9. The van der Waals surface area contributed by atoms with E-state index in [4.69, 9.17) is 4.74 Å². The zero-order valence-corrected chi connectivity index (χ0v) is 25.1. The summed E-state index contributed by atoms with van der Waals surface area (Å²) in [6.07, 6.45) is -2.10. The highest BCUT2D eigenvalue weighted by molar-refractivity contribution is 8.01. The lowest BCUT2D eigenvalue weighted by Gasteiger charge is -2.42. The summed E-state index contributed by atoms with van der Waals surface area (Å²) < 4.78 is 30.0. The SMILES string of the molecule is CC(C)N(C(=O)c1ccc2c(c1)N(CCNC(=O)C(F)F)C(=O)C(C)(C)S2)[C@@H]1CCCN(C(=O)OC(C)(C)C)C1. The van der Waals surface area contributed by atoms with Crippen LogP contribution in [-0.4, -0.2) is 88.7 Å². The van der Waals surface area contributed by atoms with Crippen LogP contribution in [0.1, 0.15) is 71.7 Å². The van der Waals surface area contributed by atoms with Crippen molar-refractivity contribution >= 4 is 41.3 Å². The number of hydrogen-bond acceptors (Lipinski definition) is 6. The Hall–Kier alpha value is -2.89. The van der Waals surface area contributed by atoms with E-state index in [-0.39, 0.29) is 37.0 Å². The van der Waals surface area contributed by atoms with Crippen molar-refractivity contribution in [1.82, 2.24) is 15.1 Å². The molecule has 3 rings (SSSR count). The van der Waals surface area contributed by atoms with Gasteiger partial charge in [-0.2, -0.15) is 8.78 Å². The molecule has 4 amide bonds. The summed E-state index contributed by atoms with van der Waals surface area (Å²) in [6.45, 7) is 13.5. The highest BCUT2D eigenvalue weighted by Gasteiger charge is 2.41. The van der Waals surface area contributed by atoms with Crippen LogP contribution < -0.4 is 10.2 Å². The first-order valence-corrected chi connectivity index (χ1v) is 14.3. The molecule has 1 aromatic carbocycles. The highest BCUT2D eigenvalue weighted by atomic mass is 32.2. The number of ether oxygens (including phenoxy) is 1. The Balaban J connectivity index is 1.86. The van der Waals surface area contributed by atoms with Crippen molar-refractivity contribution in [3.8, 4) is 0 Å². The molecule has 0 radical (unpaired) electrons. The second kappa shape index (κ2) is 12.3. The van der Waals surface area contributed by atoms with Gasteiger partial charge in [-0.25, -0.2) is 4.79 Å². The number of fused-ring (bicyclic) bond motifs is 1. The average molecular weight is 583 g/mol. The molecule has 12 heteroatoms. The van der Waals surface area contributed by atoms with E-state index in [2.05, 4.69) is 5.32 Å². The number of nitrogens with one attached hydrogen (secondary N) is 1. The lowest BCUT2D eigenvalue weighted by atomic mass is 10.0. The topological polar surface area (TPSA) is 99.3 Å². The van der Waals surface area contributed by atoms with Crippen molar-refractivity contribution in [3.05, 3.63) is 23.8 Å². The Labute approximate surface area is 238 Å². The number of amides is 4. The highest BCUT2D eigenvalue weighted by Crippen LogP contribution is 2.45. The van der Waals surface area contributed by atoms with Crippen molar-refractivity contribution in [2.75, 3.05) is 31.1 Å². The first-order valence-electron chi connectivity index (χ1n) is 13.5. The summed E-state index contributed by atoms with van der Waals surface area (Å²) in [5, 5.41) is 2.14. The summed E-state index contributed by atoms with van der Waals surface area (Å²) in [6, 6.07) is 4.78. The fourth-order valence-corrected chi connectivity index (χ4v) is 6.09. The molecule has 0 aliphatic carbocycles. The fraction of sp³-hybridized carbons (Fsp3) is 0.643. The third-order valence-corrected chi connectivity index (χ3v) is 7.94. The van der Waals surface area contributed by atoms with Crippen LogP contribution in [0.2, 0.25) is 0 Å². The van der Waals surface area contributed by atoms with Gasteiger partial charge in [0.25, 0.3) is 11.8 Å². The standard InChI is InChI=1S/C28H40F2N4O5S/c1-17(2)34(19-9-8-13-32(16-19)26(38)39-27(3,4)5)24(36)18-10-11-21-20(15-18)33(25(37)28(6,7)40-21)14-12-31-23(35)22(29)30/h10-11,15,17,19,22H,8-9,12-14,16H2,1-7H3,(H,31,35)/t19-/m1/s1. The molecule has 222 valence electrons. The van der Waals surface area contributed by atoms with E-state index in [1.165, 1.54) is 16.7 Å². The molecule has 0 bridgehead atoms. The molecule has 0 unspecified atom stereocenters. The van der Waals surface area contributed by atoms with Gasteiger partial charge in [0.05, 0.1) is 16.5 Å². The number of anilines is 1. The lowest BCUT2D eigenvalue weighted by molar-refractivity contribution is -0.131. The van der Waals surface area contributed by atoms with Crippen LogP contribution in [0.4, 0.5) is 19.3 Å². The van der Waals surface area contributed by atoms with Crippen LogP contribution in [0.25, 0.3) is 0 Å². The Morgan fingerprint density at radius 3 is 2.50 bits per heavy atom. The molecule has 1 N–H and O–H groups in total. The maximum Gasteiger partial charge on any atom is 0.410 e. The number of rotatable bonds is 7. The summed E-state index contributed by atoms with van der Waals surface area (Å²) in [5.74, 6) is -1.88. The van der Waals surface area contributed by atoms with Crippen LogP contribution >= 0.6 is 11.8 Å². The predicted octanol–water partition coefficient (Wildman–Crippen LogP) is 4.54. The molecule has 1 aromatic rings. The van der Waals surface area contributed by atoms with Crippen molar-refractivity contribution < 1.29 is 32.7 Å². The number of alkyl halides is 2. The largest absolute Gasteiger partial charge is 0.444 e. The van der Waals surface area contributed by atoms with E-state index in [1.54, 1.807) is 41.8 Å². The summed E-state index contributed by atoms with van der Waals surface area (Å²) in [7, 11) is 0. The number of carbonyl (C=O) groups excluding carboxylic acids is 4. The van der Waals surface area contributed by atoms with Crippen LogP contribution in [0.5, 0.6) is 0 Å². The lowest BCUT2D eigenvalue weighted by Crippen LogP contribution is -2.54. The van der Waals surface area contributed by atoms with Gasteiger partial charge in [-0.15, -0.1) is 11.8 Å². The molecule has 2 aliphatic rings. The van der Waals surface area contributed by atoms with Gasteiger partial charge in [0.15, 0.2) is 0 Å². The Bertz CT molecular complexity index is 1140. The minimum atomic E-state index is -3.14. The Kier molecular flexibility index (Phi) is 9.74. The van der Waals surface area contributed by atoms with E-state index in [9.17, 15) is 28.0 Å². The van der Waals surface area contributed by atoms with Crippen molar-refractivity contribution in [3.63, 3.8) is 0 Å². The predicted molar refractivity (Wildman–Crippen MR) is 150 cm³/mol. The number of likely N-dealkylation sites (tertiary alicyclic amines) is 1. The fourth-order valence-electron chi connectivity index (χ4n) is 4.94. The molecular formula is C28H40F2N4O5S. The van der Waals surface area contributed by atoms with Gasteiger partial charge in [-0.1, -0.05) is 0 Å². The Morgan fingerprint density at radius 2 is 1.90 bits per heavy atom. The second-order valence-corrected chi connectivity index (χ2v) is 13.5. The number of hydrogen-bond donors (Lipinski definition) is 1. The molecule has 1 saturated heterocycles. The van der Waals surface area contributed by atoms with Gasteiger partial charge in [0, 0.05) is 42.7 Å². The van der Waals surface area contributed by atoms with E-state index < -0.39 is 28.8 Å². The van der Waals surface area contributed by atoms with Gasteiger partial charge in [-0.05, 0) is 79.5 Å². The molecule has 0 aromatic heterocycles. The van der Waals surface area contributed by atoms with Crippen LogP contribution in [-0.2, 0) is 14.3 Å². The normalized spacial score (nSPS) is 19.0. The van der Waals surface area contributed by atoms with Gasteiger partial charge < -0.3 is 24.8 Å². The zero-order valence-electron chi connectivity index (χ0n) is 24.3. The molecule has 9 nitrogen and oxygen atoms in total. The number of benzene rings is 1. The van der Waals surface area contributed by atoms with E-state index >= 15 is 0 Å². The third-order valence-electron chi connectivity index (χ3n) is 6.69. The number of halogens is 2. The third kappa shape index (κ3) is 7.44. The van der Waals surface area contributed by atoms with Gasteiger partial charge in [0.2, 0.25) is 5.91 Å². The van der Waals surface area contributed by atoms with Gasteiger partial charge >= 0.3 is 12.5 Å². The maximum atomic E-state index is 13.9. The minimum Gasteiger partial charge on any atom is -0.444 e. The van der Waals surface area contributed by atoms with E-state index in [1.807, 2.05) is 34.6 Å². The van der Waals surface area contributed by atoms with Gasteiger partial charge in [0.1, 0.15) is 5.60 Å². The Morgan fingerprint density at radius 1 is 1.23 bits per heavy atom. The van der Waals surface area contributed by atoms with Crippen LogP contribution in [0.3, 0.4) is 0 Å². The molecule has 2 aliphatic heterocycles. The van der Waals surface area contributed by atoms with E-state index in [0.29, 0.717) is 24.3 Å². The number of nitrogens with zero attached hydrogens (tertiary/aromatic N) is 3. The van der Waals surface area contributed by atoms with Gasteiger partial charge in [-0.3, -0.25) is 14.4 Å². The van der Waals surface area contributed by atoms with Crippen molar-refractivity contribution in [2.45, 2.75) is 95.1 Å². The molecular weight excluding hydrogens is 542 g/mol. The number of piperidine rings is 1. The summed E-state index contributed by atoms with van der Waals surface area (Å²) >= 11 is 1.36. The van der Waals surface area contributed by atoms with Crippen LogP contribution in [0.15, 0.2) is 23.1 Å². The first-order chi connectivity index (χ1) is 18.5. The monoisotopic (exact) mass is 582 g/mol. The number of thioether (sulfide) groups is 1. The minimum absolute atomic E-state index is 0.0205. The zero-order chi connectivity index (χ0) is 30.0. The molecule has 40 heavy (non-hydrogen) atoms. The molecule has 1 atom stereocenters. The van der Waals surface area contributed by atoms with Crippen molar-refractivity contribution in [2.24, 2.45) is 0 Å². The molecule has 0 saturated carbocycles. The molecule has 0 spiro atoms. The quantitative estimate of drug-likeness (QED) is 0.507. The smallest absolute Gasteiger partial charge is 0.410 e.